The molecule has 0 bridgehead atoms. The molecule has 0 aliphatic heterocycles. The zero-order chi connectivity index (χ0) is 20.7. The summed E-state index contributed by atoms with van der Waals surface area (Å²) in [5, 5.41) is 4.21. The fraction of sp³-hybridized carbons (Fsp3) is 0.0435. The zero-order valence-electron chi connectivity index (χ0n) is 16.0. The summed E-state index contributed by atoms with van der Waals surface area (Å²) in [5.74, 6) is -0.592. The Bertz CT molecular complexity index is 1410. The molecule has 0 aliphatic carbocycles. The molecule has 5 aromatic rings. The third-order valence-electron chi connectivity index (χ3n) is 4.93. The van der Waals surface area contributed by atoms with Gasteiger partial charge in [-0.2, -0.15) is 0 Å². The van der Waals surface area contributed by atoms with Gasteiger partial charge in [-0.25, -0.2) is 9.37 Å². The van der Waals surface area contributed by atoms with Crippen LogP contribution in [-0.4, -0.2) is 25.8 Å². The molecular weight excluding hydrogens is 381 g/mol. The molecule has 7 heteroatoms. The molecule has 0 saturated carbocycles. The average Bonchev–Trinajstić information content (AvgIpc) is 3.17. The van der Waals surface area contributed by atoms with Crippen molar-refractivity contribution in [2.45, 2.75) is 6.92 Å². The van der Waals surface area contributed by atoms with E-state index in [0.717, 1.165) is 22.1 Å². The van der Waals surface area contributed by atoms with Crippen LogP contribution in [0.4, 0.5) is 10.1 Å². The SMILES string of the molecule is CC(=O)Nc1cnc2[nH]cc(-c3cc(F)c4nccc(-c5cccnc5)c4c3)c2c1. The summed E-state index contributed by atoms with van der Waals surface area (Å²) in [5.41, 5.74) is 4.74. The van der Waals surface area contributed by atoms with E-state index in [-0.39, 0.29) is 5.91 Å². The van der Waals surface area contributed by atoms with Gasteiger partial charge in [0.2, 0.25) is 5.91 Å². The Morgan fingerprint density at radius 3 is 2.70 bits per heavy atom. The first kappa shape index (κ1) is 17.9. The molecule has 0 aliphatic rings. The number of anilines is 1. The van der Waals surface area contributed by atoms with Crippen LogP contribution in [0.3, 0.4) is 0 Å². The highest BCUT2D eigenvalue weighted by molar-refractivity contribution is 6.02. The smallest absolute Gasteiger partial charge is 0.221 e. The molecule has 2 N–H and O–H groups in total. The largest absolute Gasteiger partial charge is 0.346 e. The van der Waals surface area contributed by atoms with Gasteiger partial charge in [0.15, 0.2) is 0 Å². The van der Waals surface area contributed by atoms with Crippen molar-refractivity contribution in [1.82, 2.24) is 19.9 Å². The second-order valence-corrected chi connectivity index (χ2v) is 6.96. The number of hydrogen-bond acceptors (Lipinski definition) is 4. The van der Waals surface area contributed by atoms with Gasteiger partial charge in [-0.15, -0.1) is 0 Å². The van der Waals surface area contributed by atoms with Crippen LogP contribution in [0.25, 0.3) is 44.2 Å². The van der Waals surface area contributed by atoms with E-state index in [9.17, 15) is 4.79 Å². The van der Waals surface area contributed by atoms with Crippen molar-refractivity contribution in [2.75, 3.05) is 5.32 Å². The summed E-state index contributed by atoms with van der Waals surface area (Å²) in [7, 11) is 0. The lowest BCUT2D eigenvalue weighted by atomic mass is 9.98. The lowest BCUT2D eigenvalue weighted by molar-refractivity contribution is -0.114. The maximum Gasteiger partial charge on any atom is 0.221 e. The Morgan fingerprint density at radius 1 is 1.00 bits per heavy atom. The number of halogens is 1. The predicted octanol–water partition coefficient (Wildman–Crippen LogP) is 4.94. The van der Waals surface area contributed by atoms with Crippen molar-refractivity contribution >= 4 is 33.5 Å². The van der Waals surface area contributed by atoms with Crippen LogP contribution < -0.4 is 5.32 Å². The molecule has 0 radical (unpaired) electrons. The van der Waals surface area contributed by atoms with Crippen LogP contribution in [0.5, 0.6) is 0 Å². The van der Waals surface area contributed by atoms with Crippen LogP contribution in [0, 0.1) is 5.82 Å². The highest BCUT2D eigenvalue weighted by atomic mass is 19.1. The first-order valence-electron chi connectivity index (χ1n) is 9.34. The van der Waals surface area contributed by atoms with Crippen molar-refractivity contribution in [3.05, 3.63) is 73.2 Å². The predicted molar refractivity (Wildman–Crippen MR) is 114 cm³/mol. The lowest BCUT2D eigenvalue weighted by Crippen LogP contribution is -2.05. The minimum atomic E-state index is -0.409. The molecule has 1 aromatic carbocycles. The molecule has 0 fully saturated rings. The number of carbonyl (C=O) groups is 1. The molecule has 0 atom stereocenters. The van der Waals surface area contributed by atoms with Gasteiger partial charge in [-0.3, -0.25) is 14.8 Å². The number of pyridine rings is 3. The van der Waals surface area contributed by atoms with Crippen molar-refractivity contribution in [3.63, 3.8) is 0 Å². The molecular formula is C23H16FN5O. The van der Waals surface area contributed by atoms with Crippen LogP contribution in [0.15, 0.2) is 67.4 Å². The molecule has 5 rings (SSSR count). The molecule has 30 heavy (non-hydrogen) atoms. The molecule has 146 valence electrons. The summed E-state index contributed by atoms with van der Waals surface area (Å²) < 4.78 is 15.0. The third kappa shape index (κ3) is 3.06. The number of fused-ring (bicyclic) bond motifs is 2. The van der Waals surface area contributed by atoms with Gasteiger partial charge < -0.3 is 10.3 Å². The number of nitrogens with zero attached hydrogens (tertiary/aromatic N) is 3. The number of nitrogens with one attached hydrogen (secondary N) is 2. The van der Waals surface area contributed by atoms with E-state index in [4.69, 9.17) is 0 Å². The van der Waals surface area contributed by atoms with E-state index in [1.807, 2.05) is 30.3 Å². The minimum absolute atomic E-state index is 0.183. The molecule has 1 amide bonds. The molecule has 6 nitrogen and oxygen atoms in total. The Labute approximate surface area is 170 Å². The maximum atomic E-state index is 15.0. The standard InChI is InChI=1S/C23H16FN5O/c1-13(30)29-16-9-19-20(12-28-23(19)27-11-16)15-7-18-17(14-3-2-5-25-10-14)4-6-26-22(18)21(24)8-15/h2-12H,1H3,(H,27,28)(H,29,30). The van der Waals surface area contributed by atoms with Crippen LogP contribution in [0.2, 0.25) is 0 Å². The number of aromatic nitrogens is 4. The highest BCUT2D eigenvalue weighted by Crippen LogP contribution is 2.35. The van der Waals surface area contributed by atoms with Gasteiger partial charge >= 0.3 is 0 Å². The van der Waals surface area contributed by atoms with Crippen molar-refractivity contribution in [1.29, 1.82) is 0 Å². The van der Waals surface area contributed by atoms with Crippen LogP contribution >= 0.6 is 0 Å². The fourth-order valence-corrected chi connectivity index (χ4v) is 3.65. The summed E-state index contributed by atoms with van der Waals surface area (Å²) in [4.78, 5) is 27.3. The average molecular weight is 397 g/mol. The van der Waals surface area contributed by atoms with Gasteiger partial charge in [0.05, 0.1) is 11.9 Å². The van der Waals surface area contributed by atoms with E-state index < -0.39 is 5.82 Å². The van der Waals surface area contributed by atoms with Gasteiger partial charge in [0, 0.05) is 53.6 Å². The molecule has 4 aromatic heterocycles. The van der Waals surface area contributed by atoms with E-state index in [1.54, 1.807) is 31.0 Å². The first-order chi connectivity index (χ1) is 14.6. The number of H-pyrrole nitrogens is 1. The lowest BCUT2D eigenvalue weighted by Gasteiger charge is -2.09. The van der Waals surface area contributed by atoms with Crippen molar-refractivity contribution < 1.29 is 9.18 Å². The summed E-state index contributed by atoms with van der Waals surface area (Å²) >= 11 is 0. The number of rotatable bonds is 3. The zero-order valence-corrected chi connectivity index (χ0v) is 16.0. The first-order valence-corrected chi connectivity index (χ1v) is 9.34. The van der Waals surface area contributed by atoms with Gasteiger partial charge in [0.25, 0.3) is 0 Å². The number of benzene rings is 1. The Kier molecular flexibility index (Phi) is 4.21. The second-order valence-electron chi connectivity index (χ2n) is 6.96. The molecule has 0 spiro atoms. The normalized spacial score (nSPS) is 11.1. The number of hydrogen-bond donors (Lipinski definition) is 2. The Balaban J connectivity index is 1.73. The van der Waals surface area contributed by atoms with E-state index in [2.05, 4.69) is 25.3 Å². The highest BCUT2D eigenvalue weighted by Gasteiger charge is 2.15. The monoisotopic (exact) mass is 397 g/mol. The van der Waals surface area contributed by atoms with Gasteiger partial charge in [0.1, 0.15) is 17.0 Å². The quantitative estimate of drug-likeness (QED) is 0.452. The topological polar surface area (TPSA) is 83.6 Å². The molecule has 4 heterocycles. The van der Waals surface area contributed by atoms with E-state index >= 15 is 4.39 Å². The molecule has 0 unspecified atom stereocenters. The van der Waals surface area contributed by atoms with Crippen LogP contribution in [0.1, 0.15) is 6.92 Å². The Morgan fingerprint density at radius 2 is 1.90 bits per heavy atom. The molecule has 0 saturated heterocycles. The van der Waals surface area contributed by atoms with Crippen molar-refractivity contribution in [2.24, 2.45) is 0 Å². The number of aromatic amines is 1. The number of amides is 1. The van der Waals surface area contributed by atoms with Gasteiger partial charge in [-0.05, 0) is 41.5 Å². The summed E-state index contributed by atoms with van der Waals surface area (Å²) in [6, 6.07) is 10.8. The minimum Gasteiger partial charge on any atom is -0.346 e. The van der Waals surface area contributed by atoms with Gasteiger partial charge in [-0.1, -0.05) is 6.07 Å². The number of carbonyl (C=O) groups excluding carboxylic acids is 1. The summed E-state index contributed by atoms with van der Waals surface area (Å²) in [6.45, 7) is 1.44. The maximum absolute atomic E-state index is 15.0. The van der Waals surface area contributed by atoms with Crippen LogP contribution in [-0.2, 0) is 4.79 Å². The summed E-state index contributed by atoms with van der Waals surface area (Å²) in [6.07, 6.45) is 8.41. The van der Waals surface area contributed by atoms with E-state index in [1.165, 1.54) is 13.0 Å². The third-order valence-corrected chi connectivity index (χ3v) is 4.93. The van der Waals surface area contributed by atoms with Crippen molar-refractivity contribution in [3.8, 4) is 22.3 Å². The van der Waals surface area contributed by atoms with E-state index in [0.29, 0.717) is 27.8 Å². The fourth-order valence-electron chi connectivity index (χ4n) is 3.65. The Hall–Kier alpha value is -4.13. The second kappa shape index (κ2) is 7.04.